The Hall–Kier alpha value is -1.16. The van der Waals surface area contributed by atoms with Crippen LogP contribution in [0.3, 0.4) is 0 Å². The van der Waals surface area contributed by atoms with Crippen LogP contribution < -0.4 is 5.32 Å². The third-order valence-corrected chi connectivity index (χ3v) is 4.94. The van der Waals surface area contributed by atoms with Crippen LogP contribution in [0.15, 0.2) is 47.8 Å². The van der Waals surface area contributed by atoms with Crippen LogP contribution in [0, 0.1) is 0 Å². The van der Waals surface area contributed by atoms with Gasteiger partial charge in [0.15, 0.2) is 0 Å². The van der Waals surface area contributed by atoms with Gasteiger partial charge in [-0.3, -0.25) is 4.90 Å². The zero-order chi connectivity index (χ0) is 13.6. The Balaban J connectivity index is 1.59. The highest BCUT2D eigenvalue weighted by Crippen LogP contribution is 2.27. The van der Waals surface area contributed by atoms with Crippen LogP contribution in [0.4, 0.5) is 0 Å². The topological polar surface area (TPSA) is 15.3 Å². The molecule has 1 atom stereocenters. The van der Waals surface area contributed by atoms with Crippen LogP contribution in [0.1, 0.15) is 29.3 Å². The Labute approximate surface area is 125 Å². The molecule has 1 aliphatic rings. The van der Waals surface area contributed by atoms with Gasteiger partial charge in [0.1, 0.15) is 0 Å². The van der Waals surface area contributed by atoms with Crippen molar-refractivity contribution in [3.8, 4) is 0 Å². The monoisotopic (exact) mass is 286 g/mol. The molecular weight excluding hydrogens is 264 g/mol. The lowest BCUT2D eigenvalue weighted by Gasteiger charge is -2.27. The fourth-order valence-electron chi connectivity index (χ4n) is 2.89. The third-order valence-electron chi connectivity index (χ3n) is 3.96. The predicted octanol–water partition coefficient (Wildman–Crippen LogP) is 3.67. The maximum absolute atomic E-state index is 3.63. The minimum atomic E-state index is 0.543. The molecule has 0 radical (unpaired) electrons. The van der Waals surface area contributed by atoms with Crippen molar-refractivity contribution >= 4 is 11.3 Å². The van der Waals surface area contributed by atoms with E-state index in [4.69, 9.17) is 0 Å². The predicted molar refractivity (Wildman–Crippen MR) is 86.0 cm³/mol. The van der Waals surface area contributed by atoms with Gasteiger partial charge >= 0.3 is 0 Å². The van der Waals surface area contributed by atoms with Gasteiger partial charge in [0.2, 0.25) is 0 Å². The minimum Gasteiger partial charge on any atom is -0.311 e. The average Bonchev–Trinajstić information content (AvgIpc) is 3.18. The molecular formula is C17H22N2S. The van der Waals surface area contributed by atoms with E-state index < -0.39 is 0 Å². The lowest BCUT2D eigenvalue weighted by molar-refractivity contribution is 0.242. The SMILES string of the molecule is c1ccc(CNCC(c2cccs2)N2CCCC2)cc1. The first-order valence-electron chi connectivity index (χ1n) is 7.45. The fraction of sp³-hybridized carbons (Fsp3) is 0.412. The van der Waals surface area contributed by atoms with Crippen LogP contribution in [0.25, 0.3) is 0 Å². The highest BCUT2D eigenvalue weighted by molar-refractivity contribution is 7.10. The van der Waals surface area contributed by atoms with Gasteiger partial charge in [-0.2, -0.15) is 0 Å². The molecule has 0 saturated carbocycles. The van der Waals surface area contributed by atoms with Crippen LogP contribution in [0.5, 0.6) is 0 Å². The summed E-state index contributed by atoms with van der Waals surface area (Å²) in [7, 11) is 0. The molecule has 3 rings (SSSR count). The highest BCUT2D eigenvalue weighted by atomic mass is 32.1. The van der Waals surface area contributed by atoms with Gasteiger partial charge in [-0.05, 0) is 42.9 Å². The number of thiophene rings is 1. The zero-order valence-electron chi connectivity index (χ0n) is 11.8. The van der Waals surface area contributed by atoms with E-state index in [-0.39, 0.29) is 0 Å². The van der Waals surface area contributed by atoms with Crippen molar-refractivity contribution in [3.05, 3.63) is 58.3 Å². The minimum absolute atomic E-state index is 0.543. The molecule has 0 aliphatic carbocycles. The molecule has 2 nitrogen and oxygen atoms in total. The molecule has 0 spiro atoms. The van der Waals surface area contributed by atoms with Gasteiger partial charge in [0.05, 0.1) is 6.04 Å². The van der Waals surface area contributed by atoms with Crippen molar-refractivity contribution in [1.29, 1.82) is 0 Å². The second kappa shape index (κ2) is 7.02. The molecule has 1 aliphatic heterocycles. The van der Waals surface area contributed by atoms with Crippen LogP contribution in [-0.2, 0) is 6.54 Å². The summed E-state index contributed by atoms with van der Waals surface area (Å²) < 4.78 is 0. The number of hydrogen-bond acceptors (Lipinski definition) is 3. The molecule has 1 unspecified atom stereocenters. The van der Waals surface area contributed by atoms with E-state index in [9.17, 15) is 0 Å². The molecule has 0 bridgehead atoms. The second-order valence-corrected chi connectivity index (χ2v) is 6.37. The normalized spacial score (nSPS) is 17.4. The van der Waals surface area contributed by atoms with E-state index >= 15 is 0 Å². The van der Waals surface area contributed by atoms with Crippen molar-refractivity contribution in [2.24, 2.45) is 0 Å². The van der Waals surface area contributed by atoms with E-state index in [0.29, 0.717) is 6.04 Å². The molecule has 3 heteroatoms. The summed E-state index contributed by atoms with van der Waals surface area (Å²) in [4.78, 5) is 4.12. The summed E-state index contributed by atoms with van der Waals surface area (Å²) in [5.74, 6) is 0. The zero-order valence-corrected chi connectivity index (χ0v) is 12.6. The Morgan fingerprint density at radius 2 is 1.85 bits per heavy atom. The van der Waals surface area contributed by atoms with Crippen molar-refractivity contribution in [2.75, 3.05) is 19.6 Å². The first-order valence-corrected chi connectivity index (χ1v) is 8.33. The second-order valence-electron chi connectivity index (χ2n) is 5.39. The lowest BCUT2D eigenvalue weighted by atomic mass is 10.2. The van der Waals surface area contributed by atoms with Crippen LogP contribution in [0.2, 0.25) is 0 Å². The molecule has 2 heterocycles. The number of rotatable bonds is 6. The lowest BCUT2D eigenvalue weighted by Crippen LogP contribution is -2.33. The van der Waals surface area contributed by atoms with E-state index in [1.807, 2.05) is 11.3 Å². The Morgan fingerprint density at radius 3 is 2.55 bits per heavy atom. The quantitative estimate of drug-likeness (QED) is 0.871. The molecule has 1 fully saturated rings. The Bertz CT molecular complexity index is 489. The van der Waals surface area contributed by atoms with Gasteiger partial charge in [0.25, 0.3) is 0 Å². The smallest absolute Gasteiger partial charge is 0.0566 e. The van der Waals surface area contributed by atoms with Gasteiger partial charge in [-0.1, -0.05) is 36.4 Å². The summed E-state index contributed by atoms with van der Waals surface area (Å²) in [6.45, 7) is 4.48. The van der Waals surface area contributed by atoms with Gasteiger partial charge in [-0.25, -0.2) is 0 Å². The van der Waals surface area contributed by atoms with E-state index in [1.54, 1.807) is 0 Å². The van der Waals surface area contributed by atoms with Crippen LogP contribution in [-0.4, -0.2) is 24.5 Å². The largest absolute Gasteiger partial charge is 0.311 e. The molecule has 1 N–H and O–H groups in total. The van der Waals surface area contributed by atoms with Crippen molar-refractivity contribution in [3.63, 3.8) is 0 Å². The molecule has 106 valence electrons. The Morgan fingerprint density at radius 1 is 1.05 bits per heavy atom. The van der Waals surface area contributed by atoms with Crippen molar-refractivity contribution in [1.82, 2.24) is 10.2 Å². The number of hydrogen-bond donors (Lipinski definition) is 1. The fourth-order valence-corrected chi connectivity index (χ4v) is 3.75. The maximum Gasteiger partial charge on any atom is 0.0566 e. The first kappa shape index (κ1) is 13.8. The van der Waals surface area contributed by atoms with Crippen molar-refractivity contribution in [2.45, 2.75) is 25.4 Å². The van der Waals surface area contributed by atoms with E-state index in [2.05, 4.69) is 58.1 Å². The summed E-state index contributed by atoms with van der Waals surface area (Å²) in [5, 5.41) is 5.82. The highest BCUT2D eigenvalue weighted by Gasteiger charge is 2.23. The Kier molecular flexibility index (Phi) is 4.85. The number of likely N-dealkylation sites (tertiary alicyclic amines) is 1. The summed E-state index contributed by atoms with van der Waals surface area (Å²) in [5.41, 5.74) is 1.36. The summed E-state index contributed by atoms with van der Waals surface area (Å²) >= 11 is 1.88. The average molecular weight is 286 g/mol. The number of benzene rings is 1. The summed E-state index contributed by atoms with van der Waals surface area (Å²) in [6, 6.07) is 15.6. The third kappa shape index (κ3) is 3.48. The van der Waals surface area contributed by atoms with Crippen molar-refractivity contribution < 1.29 is 0 Å². The molecule has 1 saturated heterocycles. The standard InChI is InChI=1S/C17H22N2S/c1-2-7-15(8-3-1)13-18-14-16(17-9-6-12-20-17)19-10-4-5-11-19/h1-3,6-9,12,16,18H,4-5,10-11,13-14H2. The van der Waals surface area contributed by atoms with Gasteiger partial charge in [0, 0.05) is 18.0 Å². The molecule has 2 aromatic rings. The first-order chi connectivity index (χ1) is 9.93. The molecule has 20 heavy (non-hydrogen) atoms. The molecule has 1 aromatic carbocycles. The van der Waals surface area contributed by atoms with Gasteiger partial charge < -0.3 is 5.32 Å². The maximum atomic E-state index is 3.63. The van der Waals surface area contributed by atoms with E-state index in [0.717, 1.165) is 13.1 Å². The van der Waals surface area contributed by atoms with E-state index in [1.165, 1.54) is 36.4 Å². The molecule has 0 amide bonds. The number of nitrogens with zero attached hydrogens (tertiary/aromatic N) is 1. The van der Waals surface area contributed by atoms with Crippen LogP contribution >= 0.6 is 11.3 Å². The number of nitrogens with one attached hydrogen (secondary N) is 1. The van der Waals surface area contributed by atoms with Gasteiger partial charge in [-0.15, -0.1) is 11.3 Å². The summed E-state index contributed by atoms with van der Waals surface area (Å²) in [6.07, 6.45) is 2.70. The molecule has 1 aromatic heterocycles.